The topological polar surface area (TPSA) is 58.0 Å². The molecule has 0 aliphatic carbocycles. The highest BCUT2D eigenvalue weighted by atomic mass is 35.5. The summed E-state index contributed by atoms with van der Waals surface area (Å²) in [6.07, 6.45) is 0. The highest BCUT2D eigenvalue weighted by Crippen LogP contribution is 2.29. The molecule has 0 aliphatic rings. The number of furan rings is 1. The summed E-state index contributed by atoms with van der Waals surface area (Å²) >= 11 is 12.2. The third-order valence-corrected chi connectivity index (χ3v) is 4.14. The van der Waals surface area contributed by atoms with Crippen LogP contribution in [0.25, 0.3) is 10.9 Å². The van der Waals surface area contributed by atoms with Gasteiger partial charge in [0.05, 0.1) is 5.02 Å². The van der Waals surface area contributed by atoms with Gasteiger partial charge in [0.2, 0.25) is 0 Å². The summed E-state index contributed by atoms with van der Waals surface area (Å²) in [7, 11) is 0. The van der Waals surface area contributed by atoms with Crippen LogP contribution in [0.3, 0.4) is 0 Å². The summed E-state index contributed by atoms with van der Waals surface area (Å²) in [5.74, 6) is 1.35. The second-order valence-corrected chi connectivity index (χ2v) is 5.94. The number of aryl methyl sites for hydroxylation is 2. The SMILES string of the molecule is Cc1cc(CNC(=O)c2[nH]c3ccc(Cl)cc3c2Cl)c(C)o1. The zero-order valence-corrected chi connectivity index (χ0v) is 13.6. The molecule has 2 heterocycles. The maximum absolute atomic E-state index is 12.3. The molecule has 3 aromatic rings. The van der Waals surface area contributed by atoms with E-state index in [0.717, 1.165) is 28.0 Å². The zero-order chi connectivity index (χ0) is 15.9. The van der Waals surface area contributed by atoms with Crippen molar-refractivity contribution < 1.29 is 9.21 Å². The number of aromatic amines is 1. The number of hydrogen-bond donors (Lipinski definition) is 2. The maximum atomic E-state index is 12.3. The number of rotatable bonds is 3. The fourth-order valence-electron chi connectivity index (χ4n) is 2.41. The van der Waals surface area contributed by atoms with Gasteiger partial charge in [0, 0.05) is 28.0 Å². The molecule has 6 heteroatoms. The van der Waals surface area contributed by atoms with Crippen molar-refractivity contribution in [3.63, 3.8) is 0 Å². The smallest absolute Gasteiger partial charge is 0.269 e. The van der Waals surface area contributed by atoms with Crippen LogP contribution < -0.4 is 5.32 Å². The van der Waals surface area contributed by atoms with Gasteiger partial charge in [-0.1, -0.05) is 23.2 Å². The Balaban J connectivity index is 1.83. The summed E-state index contributed by atoms with van der Waals surface area (Å²) in [5.41, 5.74) is 2.05. The van der Waals surface area contributed by atoms with E-state index >= 15 is 0 Å². The average molecular weight is 337 g/mol. The first-order valence-electron chi connectivity index (χ1n) is 6.76. The van der Waals surface area contributed by atoms with Gasteiger partial charge < -0.3 is 14.7 Å². The Morgan fingerprint density at radius 3 is 2.73 bits per heavy atom. The van der Waals surface area contributed by atoms with Crippen molar-refractivity contribution in [3.8, 4) is 0 Å². The van der Waals surface area contributed by atoms with Gasteiger partial charge in [0.1, 0.15) is 17.2 Å². The summed E-state index contributed by atoms with van der Waals surface area (Å²) < 4.78 is 5.44. The quantitative estimate of drug-likeness (QED) is 0.733. The minimum absolute atomic E-state index is 0.268. The van der Waals surface area contributed by atoms with E-state index in [9.17, 15) is 4.79 Å². The Morgan fingerprint density at radius 2 is 2.05 bits per heavy atom. The molecule has 2 aromatic heterocycles. The number of carbonyl (C=O) groups excluding carboxylic acids is 1. The first-order valence-corrected chi connectivity index (χ1v) is 7.52. The molecule has 0 radical (unpaired) electrons. The maximum Gasteiger partial charge on any atom is 0.269 e. The van der Waals surface area contributed by atoms with Gasteiger partial charge in [0.15, 0.2) is 0 Å². The van der Waals surface area contributed by atoms with Crippen molar-refractivity contribution in [1.29, 1.82) is 0 Å². The van der Waals surface area contributed by atoms with Crippen molar-refractivity contribution in [2.75, 3.05) is 0 Å². The molecule has 0 saturated heterocycles. The van der Waals surface area contributed by atoms with E-state index in [2.05, 4.69) is 10.3 Å². The lowest BCUT2D eigenvalue weighted by Crippen LogP contribution is -2.23. The van der Waals surface area contributed by atoms with Crippen molar-refractivity contribution in [2.45, 2.75) is 20.4 Å². The molecular weight excluding hydrogens is 323 g/mol. The summed E-state index contributed by atoms with van der Waals surface area (Å²) in [6, 6.07) is 7.18. The van der Waals surface area contributed by atoms with E-state index in [1.807, 2.05) is 19.9 Å². The molecule has 0 unspecified atom stereocenters. The molecule has 0 aliphatic heterocycles. The van der Waals surface area contributed by atoms with Crippen LogP contribution >= 0.6 is 23.2 Å². The Bertz CT molecular complexity index is 865. The van der Waals surface area contributed by atoms with Crippen LogP contribution in [-0.2, 0) is 6.54 Å². The van der Waals surface area contributed by atoms with Crippen LogP contribution in [0, 0.1) is 13.8 Å². The van der Waals surface area contributed by atoms with Gasteiger partial charge >= 0.3 is 0 Å². The second-order valence-electron chi connectivity index (χ2n) is 5.13. The summed E-state index contributed by atoms with van der Waals surface area (Å²) in [4.78, 5) is 15.3. The first kappa shape index (κ1) is 15.0. The Kier molecular flexibility index (Phi) is 3.89. The molecule has 0 atom stereocenters. The van der Waals surface area contributed by atoms with E-state index < -0.39 is 0 Å². The second kappa shape index (κ2) is 5.71. The van der Waals surface area contributed by atoms with Crippen molar-refractivity contribution in [2.24, 2.45) is 0 Å². The molecule has 3 rings (SSSR count). The minimum Gasteiger partial charge on any atom is -0.466 e. The van der Waals surface area contributed by atoms with Crippen LogP contribution in [0.2, 0.25) is 10.0 Å². The normalized spacial score (nSPS) is 11.1. The zero-order valence-electron chi connectivity index (χ0n) is 12.1. The minimum atomic E-state index is -0.268. The van der Waals surface area contributed by atoms with Crippen LogP contribution in [0.4, 0.5) is 0 Å². The molecule has 22 heavy (non-hydrogen) atoms. The lowest BCUT2D eigenvalue weighted by molar-refractivity contribution is 0.0947. The van der Waals surface area contributed by atoms with Crippen molar-refractivity contribution in [3.05, 3.63) is 57.1 Å². The largest absolute Gasteiger partial charge is 0.466 e. The number of hydrogen-bond acceptors (Lipinski definition) is 2. The Labute approximate surface area is 137 Å². The molecule has 114 valence electrons. The summed E-state index contributed by atoms with van der Waals surface area (Å²) in [6.45, 7) is 4.12. The lowest BCUT2D eigenvalue weighted by atomic mass is 10.2. The molecule has 0 spiro atoms. The van der Waals surface area contributed by atoms with Gasteiger partial charge in [-0.15, -0.1) is 0 Å². The highest BCUT2D eigenvalue weighted by molar-refractivity contribution is 6.39. The van der Waals surface area contributed by atoms with Gasteiger partial charge in [-0.05, 0) is 38.1 Å². The molecule has 2 N–H and O–H groups in total. The van der Waals surface area contributed by atoms with E-state index in [1.54, 1.807) is 18.2 Å². The standard InChI is InChI=1S/C16H14Cl2N2O2/c1-8-5-10(9(2)22-8)7-19-16(21)15-14(18)12-6-11(17)3-4-13(12)20-15/h3-6,20H,7H2,1-2H3,(H,19,21). The Hall–Kier alpha value is -1.91. The number of nitrogens with one attached hydrogen (secondary N) is 2. The number of amides is 1. The van der Waals surface area contributed by atoms with E-state index in [-0.39, 0.29) is 5.91 Å². The van der Waals surface area contributed by atoms with Gasteiger partial charge in [-0.2, -0.15) is 0 Å². The molecule has 0 fully saturated rings. The number of carbonyl (C=O) groups is 1. The van der Waals surface area contributed by atoms with Gasteiger partial charge in [0.25, 0.3) is 5.91 Å². The monoisotopic (exact) mass is 336 g/mol. The molecule has 1 aromatic carbocycles. The number of fused-ring (bicyclic) bond motifs is 1. The van der Waals surface area contributed by atoms with E-state index in [0.29, 0.717) is 22.3 Å². The lowest BCUT2D eigenvalue weighted by Gasteiger charge is -2.03. The highest BCUT2D eigenvalue weighted by Gasteiger charge is 2.17. The van der Waals surface area contributed by atoms with Crippen LogP contribution in [0.5, 0.6) is 0 Å². The predicted molar refractivity (Wildman–Crippen MR) is 87.7 cm³/mol. The fraction of sp³-hybridized carbons (Fsp3) is 0.188. The van der Waals surface area contributed by atoms with Crippen molar-refractivity contribution >= 4 is 40.0 Å². The third kappa shape index (κ3) is 2.72. The number of benzene rings is 1. The number of halogens is 2. The Morgan fingerprint density at radius 1 is 1.27 bits per heavy atom. The fourth-order valence-corrected chi connectivity index (χ4v) is 2.87. The summed E-state index contributed by atoms with van der Waals surface area (Å²) in [5, 5.41) is 4.51. The van der Waals surface area contributed by atoms with Crippen LogP contribution in [0.1, 0.15) is 27.6 Å². The van der Waals surface area contributed by atoms with Gasteiger partial charge in [-0.3, -0.25) is 4.79 Å². The van der Waals surface area contributed by atoms with Crippen molar-refractivity contribution in [1.82, 2.24) is 10.3 Å². The van der Waals surface area contributed by atoms with Crippen LogP contribution in [-0.4, -0.2) is 10.9 Å². The predicted octanol–water partition coefficient (Wildman–Crippen LogP) is 4.61. The van der Waals surface area contributed by atoms with Gasteiger partial charge in [-0.25, -0.2) is 0 Å². The van der Waals surface area contributed by atoms with Crippen LogP contribution in [0.15, 0.2) is 28.7 Å². The molecule has 0 saturated carbocycles. The molecule has 0 bridgehead atoms. The van der Waals surface area contributed by atoms with E-state index in [1.165, 1.54) is 0 Å². The number of aromatic nitrogens is 1. The average Bonchev–Trinajstić information content (AvgIpc) is 2.96. The first-order chi connectivity index (χ1) is 10.5. The molecular formula is C16H14Cl2N2O2. The molecule has 4 nitrogen and oxygen atoms in total. The third-order valence-electron chi connectivity index (χ3n) is 3.51. The molecule has 1 amide bonds. The number of H-pyrrole nitrogens is 1. The van der Waals surface area contributed by atoms with E-state index in [4.69, 9.17) is 27.6 Å².